The zero-order valence-electron chi connectivity index (χ0n) is 13.9. The molecule has 0 radical (unpaired) electrons. The topological polar surface area (TPSA) is 75.4 Å². The summed E-state index contributed by atoms with van der Waals surface area (Å²) in [6.07, 6.45) is 2.96. The van der Waals surface area contributed by atoms with E-state index in [-0.39, 0.29) is 17.5 Å². The molecule has 1 N–H and O–H groups in total. The van der Waals surface area contributed by atoms with Crippen molar-refractivity contribution in [3.63, 3.8) is 0 Å². The monoisotopic (exact) mass is 327 g/mol. The average molecular weight is 327 g/mol. The summed E-state index contributed by atoms with van der Waals surface area (Å²) in [5.74, 6) is -0.897. The number of benzene rings is 1. The second kappa shape index (κ2) is 6.47. The Bertz CT molecular complexity index is 774. The minimum atomic E-state index is -0.953. The van der Waals surface area contributed by atoms with Crippen LogP contribution in [0.3, 0.4) is 0 Å². The molecule has 1 aliphatic heterocycles. The molecule has 24 heavy (non-hydrogen) atoms. The summed E-state index contributed by atoms with van der Waals surface area (Å²) >= 11 is 0. The number of carboxylic acids is 1. The highest BCUT2D eigenvalue weighted by molar-refractivity contribution is 5.94. The Labute approximate surface area is 140 Å². The van der Waals surface area contributed by atoms with Crippen LogP contribution in [0.5, 0.6) is 0 Å². The second-order valence-electron chi connectivity index (χ2n) is 6.29. The Morgan fingerprint density at radius 2 is 1.92 bits per heavy atom. The summed E-state index contributed by atoms with van der Waals surface area (Å²) in [5.41, 5.74) is 2.71. The number of amides is 1. The lowest BCUT2D eigenvalue weighted by atomic mass is 10.0. The molecular weight excluding hydrogens is 306 g/mol. The minimum Gasteiger partial charge on any atom is -0.478 e. The van der Waals surface area contributed by atoms with Crippen molar-refractivity contribution in [3.05, 3.63) is 52.8 Å². The van der Waals surface area contributed by atoms with Crippen molar-refractivity contribution in [1.82, 2.24) is 14.7 Å². The number of carboxylic acid groups (broad SMARTS) is 1. The van der Waals surface area contributed by atoms with Gasteiger partial charge in [0, 0.05) is 18.7 Å². The van der Waals surface area contributed by atoms with Gasteiger partial charge in [0.25, 0.3) is 5.91 Å². The predicted molar refractivity (Wildman–Crippen MR) is 89.3 cm³/mol. The van der Waals surface area contributed by atoms with Crippen LogP contribution in [-0.2, 0) is 0 Å². The third kappa shape index (κ3) is 3.04. The molecule has 0 saturated carbocycles. The smallest absolute Gasteiger partial charge is 0.339 e. The Balaban J connectivity index is 1.68. The zero-order chi connectivity index (χ0) is 17.3. The van der Waals surface area contributed by atoms with Crippen molar-refractivity contribution in [2.45, 2.75) is 32.7 Å². The molecule has 1 aromatic carbocycles. The number of rotatable bonds is 3. The van der Waals surface area contributed by atoms with E-state index in [1.165, 1.54) is 6.20 Å². The first kappa shape index (κ1) is 16.2. The number of likely N-dealkylation sites (tertiary alicyclic amines) is 1. The predicted octanol–water partition coefficient (Wildman–Crippen LogP) is 2.68. The van der Waals surface area contributed by atoms with Crippen LogP contribution in [0.15, 0.2) is 30.5 Å². The van der Waals surface area contributed by atoms with Crippen molar-refractivity contribution in [1.29, 1.82) is 0 Å². The van der Waals surface area contributed by atoms with Crippen molar-refractivity contribution in [2.75, 3.05) is 13.1 Å². The van der Waals surface area contributed by atoms with Crippen LogP contribution in [0.2, 0.25) is 0 Å². The number of aromatic nitrogens is 2. The van der Waals surface area contributed by atoms with Gasteiger partial charge in [-0.15, -0.1) is 0 Å². The van der Waals surface area contributed by atoms with Crippen molar-refractivity contribution >= 4 is 11.9 Å². The fourth-order valence-electron chi connectivity index (χ4n) is 3.28. The fraction of sp³-hybridized carbons (Fsp3) is 0.389. The molecule has 0 bridgehead atoms. The Morgan fingerprint density at radius 1 is 1.21 bits per heavy atom. The standard InChI is InChI=1S/C18H21N3O3/c1-12-4-3-5-14(10-12)17(22)20-8-6-15(7-9-20)21-13(2)16(11-19-21)18(23)24/h3-5,10-11,15H,6-9H2,1-2H3,(H,23,24). The highest BCUT2D eigenvalue weighted by atomic mass is 16.4. The van der Waals surface area contributed by atoms with Gasteiger partial charge in [0.2, 0.25) is 0 Å². The number of aromatic carboxylic acids is 1. The van der Waals surface area contributed by atoms with Crippen LogP contribution in [0.4, 0.5) is 0 Å². The summed E-state index contributed by atoms with van der Waals surface area (Å²) in [6.45, 7) is 5.06. The van der Waals surface area contributed by atoms with Gasteiger partial charge in [-0.25, -0.2) is 4.79 Å². The van der Waals surface area contributed by atoms with E-state index in [0.717, 1.165) is 24.0 Å². The summed E-state index contributed by atoms with van der Waals surface area (Å²) in [6, 6.07) is 7.77. The molecule has 0 unspecified atom stereocenters. The highest BCUT2D eigenvalue weighted by Gasteiger charge is 2.27. The molecule has 1 fully saturated rings. The molecule has 2 aromatic rings. The molecule has 6 nitrogen and oxygen atoms in total. The van der Waals surface area contributed by atoms with E-state index in [1.807, 2.05) is 36.1 Å². The molecule has 6 heteroatoms. The summed E-state index contributed by atoms with van der Waals surface area (Å²) in [4.78, 5) is 25.6. The molecule has 3 rings (SSSR count). The van der Waals surface area contributed by atoms with E-state index in [2.05, 4.69) is 5.10 Å². The Kier molecular flexibility index (Phi) is 4.38. The van der Waals surface area contributed by atoms with Gasteiger partial charge in [-0.1, -0.05) is 17.7 Å². The summed E-state index contributed by atoms with van der Waals surface area (Å²) < 4.78 is 1.79. The Hall–Kier alpha value is -2.63. The van der Waals surface area contributed by atoms with Crippen LogP contribution >= 0.6 is 0 Å². The van der Waals surface area contributed by atoms with Gasteiger partial charge >= 0.3 is 5.97 Å². The van der Waals surface area contributed by atoms with Crippen LogP contribution in [-0.4, -0.2) is 44.8 Å². The van der Waals surface area contributed by atoms with E-state index < -0.39 is 5.97 Å². The van der Waals surface area contributed by atoms with Gasteiger partial charge in [-0.05, 0) is 38.8 Å². The summed E-state index contributed by atoms with van der Waals surface area (Å²) in [7, 11) is 0. The molecule has 0 spiro atoms. The van der Waals surface area contributed by atoms with Crippen molar-refractivity contribution in [2.24, 2.45) is 0 Å². The molecule has 0 aliphatic carbocycles. The Morgan fingerprint density at radius 3 is 2.50 bits per heavy atom. The SMILES string of the molecule is Cc1cccc(C(=O)N2CCC(n3ncc(C(=O)O)c3C)CC2)c1. The van der Waals surface area contributed by atoms with E-state index in [0.29, 0.717) is 18.8 Å². The third-order valence-electron chi connectivity index (χ3n) is 4.64. The maximum Gasteiger partial charge on any atom is 0.339 e. The summed E-state index contributed by atoms with van der Waals surface area (Å²) in [5, 5.41) is 13.4. The van der Waals surface area contributed by atoms with E-state index in [4.69, 9.17) is 5.11 Å². The van der Waals surface area contributed by atoms with Gasteiger partial charge in [0.05, 0.1) is 17.9 Å². The lowest BCUT2D eigenvalue weighted by Crippen LogP contribution is -2.39. The fourth-order valence-corrected chi connectivity index (χ4v) is 3.28. The number of aryl methyl sites for hydroxylation is 1. The molecule has 0 atom stereocenters. The highest BCUT2D eigenvalue weighted by Crippen LogP contribution is 2.25. The number of carbonyl (C=O) groups excluding carboxylic acids is 1. The lowest BCUT2D eigenvalue weighted by Gasteiger charge is -2.32. The van der Waals surface area contributed by atoms with Crippen LogP contribution in [0.25, 0.3) is 0 Å². The minimum absolute atomic E-state index is 0.0561. The van der Waals surface area contributed by atoms with Crippen molar-refractivity contribution < 1.29 is 14.7 Å². The quantitative estimate of drug-likeness (QED) is 0.940. The number of carbonyl (C=O) groups is 2. The van der Waals surface area contributed by atoms with E-state index in [9.17, 15) is 9.59 Å². The number of piperidine rings is 1. The molecule has 1 aromatic heterocycles. The zero-order valence-corrected chi connectivity index (χ0v) is 13.9. The molecular formula is C18H21N3O3. The second-order valence-corrected chi connectivity index (χ2v) is 6.29. The van der Waals surface area contributed by atoms with Crippen molar-refractivity contribution in [3.8, 4) is 0 Å². The van der Waals surface area contributed by atoms with Gasteiger partial charge in [0.15, 0.2) is 0 Å². The first-order chi connectivity index (χ1) is 11.5. The van der Waals surface area contributed by atoms with Gasteiger partial charge in [-0.3, -0.25) is 9.48 Å². The number of nitrogens with zero attached hydrogens (tertiary/aromatic N) is 3. The number of hydrogen-bond donors (Lipinski definition) is 1. The van der Waals surface area contributed by atoms with E-state index >= 15 is 0 Å². The van der Waals surface area contributed by atoms with Gasteiger partial charge < -0.3 is 10.0 Å². The first-order valence-electron chi connectivity index (χ1n) is 8.10. The molecule has 1 aliphatic rings. The molecule has 2 heterocycles. The average Bonchev–Trinajstić information content (AvgIpc) is 2.96. The largest absolute Gasteiger partial charge is 0.478 e. The normalized spacial score (nSPS) is 15.5. The molecule has 126 valence electrons. The molecule has 1 saturated heterocycles. The first-order valence-corrected chi connectivity index (χ1v) is 8.10. The molecule has 1 amide bonds. The third-order valence-corrected chi connectivity index (χ3v) is 4.64. The van der Waals surface area contributed by atoms with E-state index in [1.54, 1.807) is 11.6 Å². The van der Waals surface area contributed by atoms with Crippen LogP contribution < -0.4 is 0 Å². The van der Waals surface area contributed by atoms with Crippen LogP contribution in [0, 0.1) is 13.8 Å². The maximum atomic E-state index is 12.6. The lowest BCUT2D eigenvalue weighted by molar-refractivity contribution is 0.0688. The van der Waals surface area contributed by atoms with Crippen LogP contribution in [0.1, 0.15) is 50.9 Å². The van der Waals surface area contributed by atoms with Gasteiger partial charge in [-0.2, -0.15) is 5.10 Å². The number of hydrogen-bond acceptors (Lipinski definition) is 3. The van der Waals surface area contributed by atoms with Gasteiger partial charge in [0.1, 0.15) is 5.56 Å². The maximum absolute atomic E-state index is 12.6.